The highest BCUT2D eigenvalue weighted by molar-refractivity contribution is 5.13. The number of rotatable bonds is 3. The van der Waals surface area contributed by atoms with Crippen LogP contribution in [0.4, 0.5) is 0 Å². The maximum absolute atomic E-state index is 5.77. The Bertz CT molecular complexity index is 348. The third-order valence-corrected chi connectivity index (χ3v) is 2.85. The van der Waals surface area contributed by atoms with Crippen LogP contribution in [0.3, 0.4) is 0 Å². The zero-order valence-corrected chi connectivity index (χ0v) is 11.1. The third-order valence-electron chi connectivity index (χ3n) is 2.85. The number of aromatic nitrogens is 2. The number of nitrogens with zero attached hydrogens (tertiary/aromatic N) is 2. The van der Waals surface area contributed by atoms with E-state index in [9.17, 15) is 0 Å². The lowest BCUT2D eigenvalue weighted by molar-refractivity contribution is 0.130. The standard InChI is InChI=1S/C13H23N3O/c1-13(2,3)17-12-8-15-16(10-12)9-11-6-4-5-7-14-11/h8,10-11,14H,4-7,9H2,1-3H3. The minimum absolute atomic E-state index is 0.156. The van der Waals surface area contributed by atoms with Gasteiger partial charge in [0.05, 0.1) is 18.9 Å². The van der Waals surface area contributed by atoms with Gasteiger partial charge >= 0.3 is 0 Å². The van der Waals surface area contributed by atoms with Crippen LogP contribution < -0.4 is 10.1 Å². The maximum Gasteiger partial charge on any atom is 0.157 e. The van der Waals surface area contributed by atoms with E-state index in [1.54, 1.807) is 6.20 Å². The first-order chi connectivity index (χ1) is 8.03. The first-order valence-corrected chi connectivity index (χ1v) is 6.48. The number of hydrogen-bond acceptors (Lipinski definition) is 3. The Labute approximate surface area is 103 Å². The van der Waals surface area contributed by atoms with Crippen molar-refractivity contribution in [2.75, 3.05) is 6.54 Å². The molecule has 1 aliphatic heterocycles. The van der Waals surface area contributed by atoms with E-state index in [2.05, 4.69) is 10.4 Å². The van der Waals surface area contributed by atoms with Crippen molar-refractivity contribution in [2.24, 2.45) is 0 Å². The third kappa shape index (κ3) is 4.04. The van der Waals surface area contributed by atoms with Crippen molar-refractivity contribution >= 4 is 0 Å². The molecule has 1 aromatic rings. The van der Waals surface area contributed by atoms with Gasteiger partial charge in [0, 0.05) is 6.04 Å². The van der Waals surface area contributed by atoms with Crippen LogP contribution in [0, 0.1) is 0 Å². The van der Waals surface area contributed by atoms with Crippen LogP contribution >= 0.6 is 0 Å². The number of ether oxygens (including phenoxy) is 1. The lowest BCUT2D eigenvalue weighted by Crippen LogP contribution is -2.37. The van der Waals surface area contributed by atoms with E-state index in [0.717, 1.165) is 18.8 Å². The highest BCUT2D eigenvalue weighted by atomic mass is 16.5. The molecule has 4 heteroatoms. The van der Waals surface area contributed by atoms with Crippen molar-refractivity contribution in [2.45, 2.75) is 58.2 Å². The van der Waals surface area contributed by atoms with Crippen molar-refractivity contribution in [3.05, 3.63) is 12.4 Å². The summed E-state index contributed by atoms with van der Waals surface area (Å²) < 4.78 is 7.74. The number of piperidine rings is 1. The molecule has 0 aromatic carbocycles. The van der Waals surface area contributed by atoms with Gasteiger partial charge in [-0.3, -0.25) is 4.68 Å². The molecule has 4 nitrogen and oxygen atoms in total. The average molecular weight is 237 g/mol. The van der Waals surface area contributed by atoms with Crippen molar-refractivity contribution in [3.63, 3.8) is 0 Å². The molecule has 17 heavy (non-hydrogen) atoms. The van der Waals surface area contributed by atoms with E-state index >= 15 is 0 Å². The fourth-order valence-corrected chi connectivity index (χ4v) is 2.16. The van der Waals surface area contributed by atoms with Crippen LogP contribution in [-0.4, -0.2) is 28.0 Å². The first kappa shape index (κ1) is 12.4. The summed E-state index contributed by atoms with van der Waals surface area (Å²) in [6.45, 7) is 8.22. The summed E-state index contributed by atoms with van der Waals surface area (Å²) in [5.41, 5.74) is -0.156. The molecule has 1 N–H and O–H groups in total. The van der Waals surface area contributed by atoms with E-state index in [1.165, 1.54) is 19.3 Å². The first-order valence-electron chi connectivity index (χ1n) is 6.48. The Kier molecular flexibility index (Phi) is 3.72. The zero-order valence-electron chi connectivity index (χ0n) is 11.1. The summed E-state index contributed by atoms with van der Waals surface area (Å²) in [5, 5.41) is 7.87. The fourth-order valence-electron chi connectivity index (χ4n) is 2.16. The molecular weight excluding hydrogens is 214 g/mol. The highest BCUT2D eigenvalue weighted by Gasteiger charge is 2.15. The second-order valence-electron chi connectivity index (χ2n) is 5.76. The van der Waals surface area contributed by atoms with E-state index in [-0.39, 0.29) is 5.60 Å². The van der Waals surface area contributed by atoms with Gasteiger partial charge in [0.25, 0.3) is 0 Å². The summed E-state index contributed by atoms with van der Waals surface area (Å²) in [6, 6.07) is 0.561. The molecule has 96 valence electrons. The van der Waals surface area contributed by atoms with Gasteiger partial charge in [0.15, 0.2) is 5.75 Å². The molecule has 0 aliphatic carbocycles. The van der Waals surface area contributed by atoms with Crippen molar-refractivity contribution in [3.8, 4) is 5.75 Å². The van der Waals surface area contributed by atoms with E-state index in [1.807, 2.05) is 31.6 Å². The average Bonchev–Trinajstić information content (AvgIpc) is 2.64. The molecule has 0 radical (unpaired) electrons. The molecule has 2 heterocycles. The summed E-state index contributed by atoms with van der Waals surface area (Å²) in [5.74, 6) is 0.855. The molecule has 1 aliphatic rings. The molecule has 0 spiro atoms. The second-order valence-corrected chi connectivity index (χ2v) is 5.76. The van der Waals surface area contributed by atoms with Gasteiger partial charge < -0.3 is 10.1 Å². The van der Waals surface area contributed by atoms with Gasteiger partial charge in [0.1, 0.15) is 5.60 Å². The summed E-state index contributed by atoms with van der Waals surface area (Å²) in [6.07, 6.45) is 7.66. The van der Waals surface area contributed by atoms with Crippen LogP contribution in [0.1, 0.15) is 40.0 Å². The Hall–Kier alpha value is -1.03. The normalized spacial score (nSPS) is 21.5. The summed E-state index contributed by atoms with van der Waals surface area (Å²) in [4.78, 5) is 0. The van der Waals surface area contributed by atoms with Gasteiger partial charge in [0.2, 0.25) is 0 Å². The van der Waals surface area contributed by atoms with Gasteiger partial charge in [-0.25, -0.2) is 0 Å². The fraction of sp³-hybridized carbons (Fsp3) is 0.769. The van der Waals surface area contributed by atoms with Gasteiger partial charge in [-0.05, 0) is 40.2 Å². The van der Waals surface area contributed by atoms with Crippen molar-refractivity contribution in [1.29, 1.82) is 0 Å². The number of nitrogens with one attached hydrogen (secondary N) is 1. The smallest absolute Gasteiger partial charge is 0.157 e. The van der Waals surface area contributed by atoms with Gasteiger partial charge in [-0.15, -0.1) is 0 Å². The highest BCUT2D eigenvalue weighted by Crippen LogP contribution is 2.17. The summed E-state index contributed by atoms with van der Waals surface area (Å²) in [7, 11) is 0. The molecule has 0 bridgehead atoms. The van der Waals surface area contributed by atoms with Crippen molar-refractivity contribution in [1.82, 2.24) is 15.1 Å². The Morgan fingerprint density at radius 2 is 2.29 bits per heavy atom. The zero-order chi connectivity index (χ0) is 12.3. The minimum atomic E-state index is -0.156. The molecule has 0 amide bonds. The van der Waals surface area contributed by atoms with Crippen LogP contribution in [0.15, 0.2) is 12.4 Å². The van der Waals surface area contributed by atoms with Crippen molar-refractivity contribution < 1.29 is 4.74 Å². The largest absolute Gasteiger partial charge is 0.485 e. The van der Waals surface area contributed by atoms with Gasteiger partial charge in [-0.2, -0.15) is 5.10 Å². The van der Waals surface area contributed by atoms with Crippen LogP contribution in [0.25, 0.3) is 0 Å². The van der Waals surface area contributed by atoms with Gasteiger partial charge in [-0.1, -0.05) is 6.42 Å². The molecular formula is C13H23N3O. The Morgan fingerprint density at radius 3 is 2.94 bits per heavy atom. The SMILES string of the molecule is CC(C)(C)Oc1cnn(CC2CCCCN2)c1. The van der Waals surface area contributed by atoms with E-state index in [0.29, 0.717) is 6.04 Å². The van der Waals surface area contributed by atoms with Crippen LogP contribution in [0.5, 0.6) is 5.75 Å². The molecule has 1 unspecified atom stereocenters. The van der Waals surface area contributed by atoms with Crippen LogP contribution in [0.2, 0.25) is 0 Å². The molecule has 1 atom stereocenters. The lowest BCUT2D eigenvalue weighted by atomic mass is 10.1. The number of hydrogen-bond donors (Lipinski definition) is 1. The Morgan fingerprint density at radius 1 is 1.47 bits per heavy atom. The topological polar surface area (TPSA) is 39.1 Å². The molecule has 2 rings (SSSR count). The lowest BCUT2D eigenvalue weighted by Gasteiger charge is -2.23. The molecule has 1 saturated heterocycles. The predicted octanol–water partition coefficient (Wildman–Crippen LogP) is 2.20. The second kappa shape index (κ2) is 5.08. The predicted molar refractivity (Wildman–Crippen MR) is 68.2 cm³/mol. The maximum atomic E-state index is 5.77. The molecule has 0 saturated carbocycles. The quantitative estimate of drug-likeness (QED) is 0.876. The van der Waals surface area contributed by atoms with E-state index in [4.69, 9.17) is 4.74 Å². The Balaban J connectivity index is 1.89. The molecule has 1 aromatic heterocycles. The minimum Gasteiger partial charge on any atom is -0.485 e. The molecule has 1 fully saturated rings. The van der Waals surface area contributed by atoms with E-state index < -0.39 is 0 Å². The van der Waals surface area contributed by atoms with Crippen LogP contribution in [-0.2, 0) is 6.54 Å². The monoisotopic (exact) mass is 237 g/mol. The summed E-state index contributed by atoms with van der Waals surface area (Å²) >= 11 is 0.